The molecule has 0 radical (unpaired) electrons. The third-order valence-corrected chi connectivity index (χ3v) is 5.83. The molecule has 0 amide bonds. The van der Waals surface area contributed by atoms with Crippen LogP contribution in [0.1, 0.15) is 12.0 Å². The molecule has 1 fully saturated rings. The lowest BCUT2D eigenvalue weighted by atomic mass is 10.1. The van der Waals surface area contributed by atoms with E-state index in [0.717, 1.165) is 23.9 Å². The van der Waals surface area contributed by atoms with Crippen molar-refractivity contribution in [2.75, 3.05) is 6.61 Å². The van der Waals surface area contributed by atoms with Gasteiger partial charge >= 0.3 is 12.1 Å². The van der Waals surface area contributed by atoms with E-state index in [1.54, 1.807) is 24.3 Å². The van der Waals surface area contributed by atoms with Crippen LogP contribution in [0.3, 0.4) is 0 Å². The molecule has 2 aromatic carbocycles. The molecule has 0 unspecified atom stereocenters. The molecule has 3 aromatic rings. The topological polar surface area (TPSA) is 57.0 Å². The molecule has 1 aliphatic rings. The molecule has 0 bridgehead atoms. The van der Waals surface area contributed by atoms with Gasteiger partial charge < -0.3 is 4.74 Å². The molecular formula is C19H13ClF3N3O2S. The van der Waals surface area contributed by atoms with Gasteiger partial charge in [-0.05, 0) is 30.3 Å². The first kappa shape index (κ1) is 19.8. The Balaban J connectivity index is 1.86. The molecular weight excluding hydrogens is 427 g/mol. The van der Waals surface area contributed by atoms with Gasteiger partial charge in [0, 0.05) is 12.0 Å². The zero-order valence-electron chi connectivity index (χ0n) is 14.7. The molecule has 2 heterocycles. The number of ether oxygens (including phenoxy) is 1. The van der Waals surface area contributed by atoms with Gasteiger partial charge in [0.25, 0.3) is 0 Å². The van der Waals surface area contributed by atoms with Crippen LogP contribution in [0.5, 0.6) is 0 Å². The molecule has 0 saturated carbocycles. The Labute approximate surface area is 172 Å². The number of carbonyl (C=O) groups excluding carboxylic acids is 1. The highest BCUT2D eigenvalue weighted by atomic mass is 35.5. The number of esters is 1. The summed E-state index contributed by atoms with van der Waals surface area (Å²) in [6.07, 6.45) is -4.02. The van der Waals surface area contributed by atoms with Crippen molar-refractivity contribution in [3.63, 3.8) is 0 Å². The van der Waals surface area contributed by atoms with Crippen LogP contribution in [0.25, 0.3) is 17.1 Å². The summed E-state index contributed by atoms with van der Waals surface area (Å²) >= 11 is 7.39. The molecule has 1 aromatic heterocycles. The monoisotopic (exact) mass is 439 g/mol. The van der Waals surface area contributed by atoms with Crippen molar-refractivity contribution in [3.8, 4) is 17.1 Å². The predicted molar refractivity (Wildman–Crippen MR) is 102 cm³/mol. The van der Waals surface area contributed by atoms with Crippen molar-refractivity contribution in [3.05, 3.63) is 59.1 Å². The first-order chi connectivity index (χ1) is 13.8. The summed E-state index contributed by atoms with van der Waals surface area (Å²) < 4.78 is 46.2. The summed E-state index contributed by atoms with van der Waals surface area (Å²) in [6.45, 7) is 0.297. The summed E-state index contributed by atoms with van der Waals surface area (Å²) in [6, 6.07) is 11.7. The van der Waals surface area contributed by atoms with Gasteiger partial charge in [-0.2, -0.15) is 13.2 Å². The first-order valence-electron chi connectivity index (χ1n) is 8.56. The van der Waals surface area contributed by atoms with Crippen LogP contribution in [0, 0.1) is 0 Å². The summed E-state index contributed by atoms with van der Waals surface area (Å²) in [5.41, 5.74) is -0.0708. The Morgan fingerprint density at radius 2 is 1.93 bits per heavy atom. The minimum absolute atomic E-state index is 0.216. The second-order valence-electron chi connectivity index (χ2n) is 6.23. The summed E-state index contributed by atoms with van der Waals surface area (Å²) in [5, 5.41) is 8.45. The second-order valence-corrected chi connectivity index (χ2v) is 7.81. The highest BCUT2D eigenvalue weighted by molar-refractivity contribution is 8.00. The second kappa shape index (κ2) is 7.72. The van der Waals surface area contributed by atoms with Gasteiger partial charge in [0.1, 0.15) is 5.25 Å². The number of aromatic nitrogens is 3. The summed E-state index contributed by atoms with van der Waals surface area (Å²) in [4.78, 5) is 11.9. The van der Waals surface area contributed by atoms with E-state index in [4.69, 9.17) is 16.3 Å². The molecule has 0 aliphatic carbocycles. The van der Waals surface area contributed by atoms with E-state index in [9.17, 15) is 18.0 Å². The van der Waals surface area contributed by atoms with Crippen LogP contribution in [0.4, 0.5) is 13.2 Å². The van der Waals surface area contributed by atoms with Crippen LogP contribution in [0.15, 0.2) is 53.7 Å². The van der Waals surface area contributed by atoms with Crippen molar-refractivity contribution < 1.29 is 22.7 Å². The highest BCUT2D eigenvalue weighted by Gasteiger charge is 2.33. The van der Waals surface area contributed by atoms with E-state index in [0.29, 0.717) is 23.6 Å². The summed E-state index contributed by atoms with van der Waals surface area (Å²) in [5.74, 6) is -0.100. The van der Waals surface area contributed by atoms with E-state index in [2.05, 4.69) is 10.2 Å². The third kappa shape index (κ3) is 3.97. The molecule has 4 rings (SSSR count). The van der Waals surface area contributed by atoms with Gasteiger partial charge in [0.15, 0.2) is 11.0 Å². The number of cyclic esters (lactones) is 1. The minimum Gasteiger partial charge on any atom is -0.465 e. The zero-order chi connectivity index (χ0) is 20.6. The number of nitrogens with zero attached hydrogens (tertiary/aromatic N) is 3. The molecule has 1 aliphatic heterocycles. The Morgan fingerprint density at radius 1 is 1.14 bits per heavy atom. The van der Waals surface area contributed by atoms with Gasteiger partial charge in [0.2, 0.25) is 0 Å². The van der Waals surface area contributed by atoms with Crippen molar-refractivity contribution in [2.24, 2.45) is 0 Å². The normalized spacial score (nSPS) is 16.8. The lowest BCUT2D eigenvalue weighted by Crippen LogP contribution is -2.12. The molecule has 0 N–H and O–H groups in total. The lowest BCUT2D eigenvalue weighted by molar-refractivity contribution is -0.138. The molecule has 10 heteroatoms. The molecule has 5 nitrogen and oxygen atoms in total. The van der Waals surface area contributed by atoms with Crippen molar-refractivity contribution >= 4 is 29.3 Å². The SMILES string of the molecule is O=C1OCC[C@@H]1Sc1nnc(-c2ccccc2Cl)n1-c1cccc(C(F)(F)F)c1. The standard InChI is InChI=1S/C19H13ClF3N3O2S/c20-14-7-2-1-6-13(14)16-24-25-18(29-15-8-9-28-17(15)27)26(16)12-5-3-4-11(10-12)19(21,22)23/h1-7,10,15H,8-9H2/t15-/m0/s1. The lowest BCUT2D eigenvalue weighted by Gasteiger charge is -2.14. The number of thioether (sulfide) groups is 1. The fourth-order valence-corrected chi connectivity index (χ4v) is 4.17. The Bertz CT molecular complexity index is 1070. The predicted octanol–water partition coefficient (Wildman–Crippen LogP) is 5.01. The highest BCUT2D eigenvalue weighted by Crippen LogP contribution is 2.37. The number of benzene rings is 2. The maximum atomic E-state index is 13.2. The van der Waals surface area contributed by atoms with Crippen molar-refractivity contribution in [1.82, 2.24) is 14.8 Å². The number of alkyl halides is 3. The van der Waals surface area contributed by atoms with Gasteiger partial charge in [-0.15, -0.1) is 10.2 Å². The largest absolute Gasteiger partial charge is 0.465 e. The van der Waals surface area contributed by atoms with Crippen LogP contribution < -0.4 is 0 Å². The molecule has 0 spiro atoms. The Morgan fingerprint density at radius 3 is 2.62 bits per heavy atom. The van der Waals surface area contributed by atoms with Crippen molar-refractivity contribution in [1.29, 1.82) is 0 Å². The van der Waals surface area contributed by atoms with Crippen molar-refractivity contribution in [2.45, 2.75) is 23.0 Å². The number of carbonyl (C=O) groups is 1. The number of hydrogen-bond acceptors (Lipinski definition) is 5. The van der Waals surface area contributed by atoms with Crippen LogP contribution in [0.2, 0.25) is 5.02 Å². The fourth-order valence-electron chi connectivity index (χ4n) is 2.93. The molecule has 1 saturated heterocycles. The van der Waals surface area contributed by atoms with Crippen LogP contribution >= 0.6 is 23.4 Å². The van der Waals surface area contributed by atoms with Gasteiger partial charge in [-0.25, -0.2) is 0 Å². The molecule has 1 atom stereocenters. The van der Waals surface area contributed by atoms with Crippen LogP contribution in [-0.4, -0.2) is 32.6 Å². The average Bonchev–Trinajstić information content (AvgIpc) is 3.28. The van der Waals surface area contributed by atoms with E-state index in [-0.39, 0.29) is 22.6 Å². The van der Waals surface area contributed by atoms with E-state index in [1.165, 1.54) is 16.7 Å². The zero-order valence-corrected chi connectivity index (χ0v) is 16.3. The van der Waals surface area contributed by atoms with Gasteiger partial charge in [-0.1, -0.05) is 41.6 Å². The molecule has 29 heavy (non-hydrogen) atoms. The maximum Gasteiger partial charge on any atom is 0.416 e. The fraction of sp³-hybridized carbons (Fsp3) is 0.211. The first-order valence-corrected chi connectivity index (χ1v) is 9.81. The number of hydrogen-bond donors (Lipinski definition) is 0. The van der Waals surface area contributed by atoms with E-state index < -0.39 is 17.0 Å². The molecule has 150 valence electrons. The summed E-state index contributed by atoms with van der Waals surface area (Å²) in [7, 11) is 0. The Hall–Kier alpha value is -2.52. The average molecular weight is 440 g/mol. The van der Waals surface area contributed by atoms with Crippen LogP contribution in [-0.2, 0) is 15.7 Å². The van der Waals surface area contributed by atoms with Gasteiger partial charge in [-0.3, -0.25) is 9.36 Å². The minimum atomic E-state index is -4.50. The number of rotatable bonds is 4. The quantitative estimate of drug-likeness (QED) is 0.534. The van der Waals surface area contributed by atoms with E-state index in [1.807, 2.05) is 0 Å². The number of halogens is 4. The van der Waals surface area contributed by atoms with Gasteiger partial charge in [0.05, 0.1) is 22.9 Å². The third-order valence-electron chi connectivity index (χ3n) is 4.31. The van der Waals surface area contributed by atoms with E-state index >= 15 is 0 Å². The Kier molecular flexibility index (Phi) is 5.26. The smallest absolute Gasteiger partial charge is 0.416 e. The maximum absolute atomic E-state index is 13.2.